The van der Waals surface area contributed by atoms with Crippen molar-refractivity contribution in [3.05, 3.63) is 87.9 Å². The molecule has 1 heterocycles. The number of rotatable bonds is 5. The smallest absolute Gasteiger partial charge is 0.269 e. The van der Waals surface area contributed by atoms with E-state index in [1.807, 2.05) is 31.2 Å². The van der Waals surface area contributed by atoms with E-state index in [1.54, 1.807) is 36.7 Å². The predicted octanol–water partition coefficient (Wildman–Crippen LogP) is 5.00. The third kappa shape index (κ3) is 4.48. The van der Waals surface area contributed by atoms with E-state index in [0.29, 0.717) is 17.2 Å². The first kappa shape index (κ1) is 16.3. The Bertz CT molecular complexity index is 923. The topological polar surface area (TPSA) is 81.0 Å². The average Bonchev–Trinajstić information content (AvgIpc) is 3.08. The molecule has 6 nitrogen and oxygen atoms in total. The van der Waals surface area contributed by atoms with Crippen LogP contribution in [-0.4, -0.2) is 17.4 Å². The van der Waals surface area contributed by atoms with Crippen LogP contribution in [0.5, 0.6) is 0 Å². The first-order chi connectivity index (χ1) is 12.1. The molecule has 0 fully saturated rings. The zero-order chi connectivity index (χ0) is 17.6. The van der Waals surface area contributed by atoms with Gasteiger partial charge in [0.05, 0.1) is 28.7 Å². The highest BCUT2D eigenvalue weighted by Crippen LogP contribution is 2.18. The van der Waals surface area contributed by atoms with Gasteiger partial charge in [-0.2, -0.15) is 0 Å². The summed E-state index contributed by atoms with van der Waals surface area (Å²) in [5.41, 5.74) is 2.67. The van der Waals surface area contributed by atoms with Gasteiger partial charge in [-0.15, -0.1) is 0 Å². The average molecular weight is 333 g/mol. The van der Waals surface area contributed by atoms with Gasteiger partial charge in [-0.1, -0.05) is 17.7 Å². The van der Waals surface area contributed by atoms with E-state index in [0.717, 1.165) is 5.69 Å². The van der Waals surface area contributed by atoms with Crippen molar-refractivity contribution in [3.8, 4) is 0 Å². The fourth-order valence-electron chi connectivity index (χ4n) is 2.07. The lowest BCUT2D eigenvalue weighted by Crippen LogP contribution is -1.85. The van der Waals surface area contributed by atoms with Crippen LogP contribution in [0.2, 0.25) is 0 Å². The number of aliphatic imine (C=N–C) groups is 2. The second-order valence-corrected chi connectivity index (χ2v) is 5.37. The standard InChI is InChI=1S/C19H15N3O3/c1-14-2-4-15(5-3-14)20-12-18-10-11-19(25-18)13-21-16-6-8-17(9-7-16)22(23)24/h2-13H,1H3. The fourth-order valence-corrected chi connectivity index (χ4v) is 2.07. The molecule has 0 saturated carbocycles. The molecule has 0 spiro atoms. The van der Waals surface area contributed by atoms with Gasteiger partial charge in [-0.3, -0.25) is 20.1 Å². The van der Waals surface area contributed by atoms with E-state index in [9.17, 15) is 10.1 Å². The van der Waals surface area contributed by atoms with Crippen LogP contribution in [0, 0.1) is 17.0 Å². The predicted molar refractivity (Wildman–Crippen MR) is 97.5 cm³/mol. The van der Waals surface area contributed by atoms with Gasteiger partial charge in [0.2, 0.25) is 0 Å². The monoisotopic (exact) mass is 333 g/mol. The second-order valence-electron chi connectivity index (χ2n) is 5.37. The lowest BCUT2D eigenvalue weighted by molar-refractivity contribution is -0.384. The molecule has 1 aromatic heterocycles. The largest absolute Gasteiger partial charge is 0.454 e. The SMILES string of the molecule is Cc1ccc(N=Cc2ccc(C=Nc3ccc([N+](=O)[O-])cc3)o2)cc1. The van der Waals surface area contributed by atoms with Crippen LogP contribution >= 0.6 is 0 Å². The molecule has 3 rings (SSSR count). The van der Waals surface area contributed by atoms with E-state index in [-0.39, 0.29) is 5.69 Å². The van der Waals surface area contributed by atoms with Gasteiger partial charge in [-0.25, -0.2) is 0 Å². The maximum absolute atomic E-state index is 10.6. The normalized spacial score (nSPS) is 11.4. The number of nitro groups is 1. The van der Waals surface area contributed by atoms with Crippen LogP contribution in [0.3, 0.4) is 0 Å². The number of non-ortho nitro benzene ring substituents is 1. The molecule has 0 N–H and O–H groups in total. The second kappa shape index (κ2) is 7.35. The summed E-state index contributed by atoms with van der Waals surface area (Å²) in [5.74, 6) is 1.19. The van der Waals surface area contributed by atoms with Crippen molar-refractivity contribution < 1.29 is 9.34 Å². The molecule has 0 radical (unpaired) electrons. The summed E-state index contributed by atoms with van der Waals surface area (Å²) in [4.78, 5) is 18.8. The molecule has 25 heavy (non-hydrogen) atoms. The summed E-state index contributed by atoms with van der Waals surface area (Å²) >= 11 is 0. The number of furan rings is 1. The summed E-state index contributed by atoms with van der Waals surface area (Å²) in [6.07, 6.45) is 3.21. The quantitative estimate of drug-likeness (QED) is 0.374. The number of nitrogens with zero attached hydrogens (tertiary/aromatic N) is 3. The highest BCUT2D eigenvalue weighted by Gasteiger charge is 2.03. The Hall–Kier alpha value is -3.54. The Morgan fingerprint density at radius 2 is 1.32 bits per heavy atom. The van der Waals surface area contributed by atoms with Crippen LogP contribution in [0.25, 0.3) is 0 Å². The molecular formula is C19H15N3O3. The third-order valence-electron chi connectivity index (χ3n) is 3.42. The van der Waals surface area contributed by atoms with E-state index < -0.39 is 4.92 Å². The van der Waals surface area contributed by atoms with E-state index in [4.69, 9.17) is 4.42 Å². The first-order valence-electron chi connectivity index (χ1n) is 7.59. The van der Waals surface area contributed by atoms with Gasteiger partial charge >= 0.3 is 0 Å². The summed E-state index contributed by atoms with van der Waals surface area (Å²) < 4.78 is 5.61. The number of hydrogen-bond donors (Lipinski definition) is 0. The zero-order valence-electron chi connectivity index (χ0n) is 13.5. The minimum absolute atomic E-state index is 0.0338. The van der Waals surface area contributed by atoms with Crippen molar-refractivity contribution in [3.63, 3.8) is 0 Å². The minimum atomic E-state index is -0.445. The third-order valence-corrected chi connectivity index (χ3v) is 3.42. The van der Waals surface area contributed by atoms with Gasteiger partial charge < -0.3 is 4.42 Å². The van der Waals surface area contributed by atoms with Gasteiger partial charge in [0.25, 0.3) is 5.69 Å². The van der Waals surface area contributed by atoms with Gasteiger partial charge in [-0.05, 0) is 43.3 Å². The fraction of sp³-hybridized carbons (Fsp3) is 0.0526. The Morgan fingerprint density at radius 1 is 0.840 bits per heavy atom. The Kier molecular flexibility index (Phi) is 4.80. The van der Waals surface area contributed by atoms with Crippen LogP contribution < -0.4 is 0 Å². The Morgan fingerprint density at radius 3 is 1.80 bits per heavy atom. The molecule has 6 heteroatoms. The van der Waals surface area contributed by atoms with Crippen LogP contribution in [-0.2, 0) is 0 Å². The molecular weight excluding hydrogens is 318 g/mol. The number of hydrogen-bond acceptors (Lipinski definition) is 5. The Balaban J connectivity index is 1.66. The first-order valence-corrected chi connectivity index (χ1v) is 7.59. The van der Waals surface area contributed by atoms with E-state index in [1.165, 1.54) is 17.7 Å². The summed E-state index contributed by atoms with van der Waals surface area (Å²) in [5, 5.41) is 10.6. The molecule has 0 saturated heterocycles. The number of benzene rings is 2. The maximum Gasteiger partial charge on any atom is 0.269 e. The molecule has 0 bridgehead atoms. The van der Waals surface area contributed by atoms with Crippen molar-refractivity contribution in [1.29, 1.82) is 0 Å². The van der Waals surface area contributed by atoms with Gasteiger partial charge in [0.15, 0.2) is 0 Å². The van der Waals surface area contributed by atoms with Crippen LogP contribution in [0.1, 0.15) is 17.1 Å². The molecule has 0 aliphatic heterocycles. The van der Waals surface area contributed by atoms with Crippen molar-refractivity contribution >= 4 is 29.5 Å². The maximum atomic E-state index is 10.6. The lowest BCUT2D eigenvalue weighted by Gasteiger charge is -1.94. The molecule has 0 atom stereocenters. The molecule has 0 unspecified atom stereocenters. The van der Waals surface area contributed by atoms with Crippen molar-refractivity contribution in [2.75, 3.05) is 0 Å². The lowest BCUT2D eigenvalue weighted by atomic mass is 10.2. The summed E-state index contributed by atoms with van der Waals surface area (Å²) in [7, 11) is 0. The summed E-state index contributed by atoms with van der Waals surface area (Å²) in [6.45, 7) is 2.02. The molecule has 2 aromatic carbocycles. The van der Waals surface area contributed by atoms with E-state index >= 15 is 0 Å². The minimum Gasteiger partial charge on any atom is -0.454 e. The van der Waals surface area contributed by atoms with Crippen molar-refractivity contribution in [1.82, 2.24) is 0 Å². The van der Waals surface area contributed by atoms with Crippen molar-refractivity contribution in [2.24, 2.45) is 9.98 Å². The molecule has 3 aromatic rings. The van der Waals surface area contributed by atoms with Gasteiger partial charge in [0.1, 0.15) is 11.5 Å². The van der Waals surface area contributed by atoms with E-state index in [2.05, 4.69) is 9.98 Å². The van der Waals surface area contributed by atoms with Crippen LogP contribution in [0.4, 0.5) is 17.1 Å². The van der Waals surface area contributed by atoms with Crippen LogP contribution in [0.15, 0.2) is 75.1 Å². The zero-order valence-corrected chi connectivity index (χ0v) is 13.5. The molecule has 0 aliphatic rings. The number of nitro benzene ring substituents is 1. The number of aryl methyl sites for hydroxylation is 1. The molecule has 0 aliphatic carbocycles. The van der Waals surface area contributed by atoms with Crippen molar-refractivity contribution in [2.45, 2.75) is 6.92 Å². The molecule has 0 amide bonds. The highest BCUT2D eigenvalue weighted by atomic mass is 16.6. The van der Waals surface area contributed by atoms with Gasteiger partial charge in [0, 0.05) is 12.1 Å². The highest BCUT2D eigenvalue weighted by molar-refractivity contribution is 5.83. The Labute approximate surface area is 144 Å². The molecule has 124 valence electrons. The summed E-state index contributed by atoms with van der Waals surface area (Å²) in [6, 6.07) is 17.4.